The number of hydrogen-bond donors (Lipinski definition) is 1. The van der Waals surface area contributed by atoms with Crippen LogP contribution in [-0.2, 0) is 16.0 Å². The fourth-order valence-electron chi connectivity index (χ4n) is 3.66. The number of rotatable bonds is 10. The van der Waals surface area contributed by atoms with Crippen molar-refractivity contribution in [1.82, 2.24) is 4.90 Å². The summed E-state index contributed by atoms with van der Waals surface area (Å²) >= 11 is 6.74. The number of thiocarbonyl (C=S) groups is 1. The maximum absolute atomic E-state index is 13.0. The molecule has 0 atom stereocenters. The minimum Gasteiger partial charge on any atom is -0.497 e. The van der Waals surface area contributed by atoms with Crippen molar-refractivity contribution in [3.8, 4) is 17.2 Å². The van der Waals surface area contributed by atoms with Crippen LogP contribution in [0.5, 0.6) is 17.2 Å². The maximum Gasteiger partial charge on any atom is 0.266 e. The second-order valence-corrected chi connectivity index (χ2v) is 9.72. The van der Waals surface area contributed by atoms with Gasteiger partial charge in [0.25, 0.3) is 11.8 Å². The first-order valence-electron chi connectivity index (χ1n) is 11.5. The molecule has 3 aromatic rings. The Morgan fingerprint density at radius 2 is 1.81 bits per heavy atom. The number of benzene rings is 3. The number of thioether (sulfide) groups is 1. The molecular weight excluding hydrogens is 508 g/mol. The molecule has 37 heavy (non-hydrogen) atoms. The molecule has 1 aliphatic heterocycles. The van der Waals surface area contributed by atoms with E-state index in [0.29, 0.717) is 38.7 Å². The largest absolute Gasteiger partial charge is 0.497 e. The van der Waals surface area contributed by atoms with Gasteiger partial charge >= 0.3 is 0 Å². The fraction of sp³-hybridized carbons (Fsp3) is 0.179. The molecule has 7 nitrogen and oxygen atoms in total. The molecule has 1 fully saturated rings. The smallest absolute Gasteiger partial charge is 0.266 e. The summed E-state index contributed by atoms with van der Waals surface area (Å²) in [6.07, 6.45) is 2.51. The Labute approximate surface area is 225 Å². The van der Waals surface area contributed by atoms with Gasteiger partial charge in [-0.1, -0.05) is 66.4 Å². The van der Waals surface area contributed by atoms with Gasteiger partial charge in [0.15, 0.2) is 18.1 Å². The van der Waals surface area contributed by atoms with Crippen LogP contribution >= 0.6 is 24.0 Å². The van der Waals surface area contributed by atoms with Crippen molar-refractivity contribution in [3.05, 3.63) is 88.8 Å². The van der Waals surface area contributed by atoms with Crippen molar-refractivity contribution in [2.24, 2.45) is 0 Å². The molecule has 190 valence electrons. The summed E-state index contributed by atoms with van der Waals surface area (Å²) in [5.41, 5.74) is 2.52. The van der Waals surface area contributed by atoms with Crippen LogP contribution in [0.2, 0.25) is 0 Å². The van der Waals surface area contributed by atoms with E-state index in [2.05, 4.69) is 5.32 Å². The number of ether oxygens (including phenoxy) is 3. The number of nitrogens with zero attached hydrogens (tertiary/aromatic N) is 1. The van der Waals surface area contributed by atoms with Crippen LogP contribution in [0.25, 0.3) is 6.08 Å². The maximum atomic E-state index is 13.0. The summed E-state index contributed by atoms with van der Waals surface area (Å²) in [4.78, 5) is 27.5. The Kier molecular flexibility index (Phi) is 8.81. The lowest BCUT2D eigenvalue weighted by atomic mass is 10.1. The lowest BCUT2D eigenvalue weighted by molar-refractivity contribution is -0.122. The molecule has 0 unspecified atom stereocenters. The van der Waals surface area contributed by atoms with Crippen molar-refractivity contribution in [1.29, 1.82) is 0 Å². The standard InChI is InChI=1S/C28H26N2O5S2/c1-33-22-10-6-9-21(17-22)29-26(31)18-35-23-12-11-20(15-24(23)34-2)16-25-27(32)30(28(36)37-25)14-13-19-7-4-3-5-8-19/h3-12,15-17H,13-14,18H2,1-2H3,(H,29,31)/b25-16-. The van der Waals surface area contributed by atoms with E-state index >= 15 is 0 Å². The average Bonchev–Trinajstić information content (AvgIpc) is 3.18. The zero-order valence-corrected chi connectivity index (χ0v) is 22.1. The Balaban J connectivity index is 1.38. The Morgan fingerprint density at radius 3 is 2.57 bits per heavy atom. The third-order valence-electron chi connectivity index (χ3n) is 5.54. The molecule has 1 heterocycles. The van der Waals surface area contributed by atoms with Crippen molar-refractivity contribution < 1.29 is 23.8 Å². The van der Waals surface area contributed by atoms with Gasteiger partial charge in [0.05, 0.1) is 19.1 Å². The van der Waals surface area contributed by atoms with E-state index in [4.69, 9.17) is 26.4 Å². The number of methoxy groups -OCH3 is 2. The first-order chi connectivity index (χ1) is 18.0. The fourth-order valence-corrected chi connectivity index (χ4v) is 4.97. The molecule has 1 N–H and O–H groups in total. The molecule has 2 amide bonds. The summed E-state index contributed by atoms with van der Waals surface area (Å²) in [5.74, 6) is 1.07. The van der Waals surface area contributed by atoms with Gasteiger partial charge in [-0.15, -0.1) is 0 Å². The lowest BCUT2D eigenvalue weighted by Crippen LogP contribution is -2.30. The van der Waals surface area contributed by atoms with E-state index in [9.17, 15) is 9.59 Å². The average molecular weight is 535 g/mol. The molecule has 1 saturated heterocycles. The molecule has 0 aliphatic carbocycles. The molecule has 0 bridgehead atoms. The topological polar surface area (TPSA) is 77.1 Å². The van der Waals surface area contributed by atoms with Gasteiger partial charge < -0.3 is 19.5 Å². The molecule has 9 heteroatoms. The number of carbonyl (C=O) groups is 2. The van der Waals surface area contributed by atoms with Crippen molar-refractivity contribution >= 4 is 51.9 Å². The van der Waals surface area contributed by atoms with E-state index < -0.39 is 0 Å². The van der Waals surface area contributed by atoms with Gasteiger partial charge in [-0.25, -0.2) is 0 Å². The number of nitrogens with one attached hydrogen (secondary N) is 1. The number of anilines is 1. The van der Waals surface area contributed by atoms with E-state index in [1.807, 2.05) is 30.3 Å². The van der Waals surface area contributed by atoms with Crippen LogP contribution in [0.1, 0.15) is 11.1 Å². The van der Waals surface area contributed by atoms with Gasteiger partial charge in [0, 0.05) is 18.3 Å². The van der Waals surface area contributed by atoms with Crippen LogP contribution in [0.4, 0.5) is 5.69 Å². The van der Waals surface area contributed by atoms with Crippen LogP contribution < -0.4 is 19.5 Å². The third-order valence-corrected chi connectivity index (χ3v) is 6.92. The van der Waals surface area contributed by atoms with Crippen molar-refractivity contribution in [3.63, 3.8) is 0 Å². The normalized spacial score (nSPS) is 14.1. The van der Waals surface area contributed by atoms with Crippen LogP contribution in [0, 0.1) is 0 Å². The summed E-state index contributed by atoms with van der Waals surface area (Å²) in [6, 6.07) is 22.3. The summed E-state index contributed by atoms with van der Waals surface area (Å²) in [5, 5.41) is 2.77. The van der Waals surface area contributed by atoms with E-state index in [1.165, 1.54) is 18.9 Å². The van der Waals surface area contributed by atoms with E-state index in [0.717, 1.165) is 17.5 Å². The van der Waals surface area contributed by atoms with Gasteiger partial charge in [0.1, 0.15) is 10.1 Å². The molecular formula is C28H26N2O5S2. The Bertz CT molecular complexity index is 1330. The van der Waals surface area contributed by atoms with Gasteiger partial charge in [-0.05, 0) is 47.9 Å². The molecule has 3 aromatic carbocycles. The van der Waals surface area contributed by atoms with E-state index in [1.54, 1.807) is 60.6 Å². The third kappa shape index (κ3) is 6.90. The molecule has 0 spiro atoms. The monoisotopic (exact) mass is 534 g/mol. The summed E-state index contributed by atoms with van der Waals surface area (Å²) < 4.78 is 16.9. The van der Waals surface area contributed by atoms with Crippen LogP contribution in [-0.4, -0.2) is 48.4 Å². The SMILES string of the molecule is COc1cccc(NC(=O)COc2ccc(/C=C3\SC(=S)N(CCc4ccccc4)C3=O)cc2OC)c1. The minimum absolute atomic E-state index is 0.112. The molecule has 0 saturated carbocycles. The lowest BCUT2D eigenvalue weighted by Gasteiger charge is -2.14. The van der Waals surface area contributed by atoms with E-state index in [-0.39, 0.29) is 18.4 Å². The molecule has 1 aliphatic rings. The van der Waals surface area contributed by atoms with Crippen LogP contribution in [0.3, 0.4) is 0 Å². The Morgan fingerprint density at radius 1 is 1.00 bits per heavy atom. The zero-order chi connectivity index (χ0) is 26.2. The highest BCUT2D eigenvalue weighted by Crippen LogP contribution is 2.35. The number of carbonyl (C=O) groups excluding carboxylic acids is 2. The minimum atomic E-state index is -0.321. The van der Waals surface area contributed by atoms with Gasteiger partial charge in [-0.3, -0.25) is 14.5 Å². The summed E-state index contributed by atoms with van der Waals surface area (Å²) in [6.45, 7) is 0.326. The second-order valence-electron chi connectivity index (χ2n) is 8.05. The molecule has 4 rings (SSSR count). The summed E-state index contributed by atoms with van der Waals surface area (Å²) in [7, 11) is 3.08. The highest BCUT2D eigenvalue weighted by atomic mass is 32.2. The Hall–Kier alpha value is -3.82. The zero-order valence-electron chi connectivity index (χ0n) is 20.4. The molecule has 0 radical (unpaired) electrons. The van der Waals surface area contributed by atoms with Crippen LogP contribution in [0.15, 0.2) is 77.7 Å². The first kappa shape index (κ1) is 26.2. The van der Waals surface area contributed by atoms with Crippen molar-refractivity contribution in [2.45, 2.75) is 6.42 Å². The number of hydrogen-bond acceptors (Lipinski definition) is 7. The quantitative estimate of drug-likeness (QED) is 0.284. The van der Waals surface area contributed by atoms with Crippen molar-refractivity contribution in [2.75, 3.05) is 32.7 Å². The second kappa shape index (κ2) is 12.4. The highest BCUT2D eigenvalue weighted by molar-refractivity contribution is 8.26. The highest BCUT2D eigenvalue weighted by Gasteiger charge is 2.31. The van der Waals surface area contributed by atoms with Gasteiger partial charge in [-0.2, -0.15) is 0 Å². The predicted octanol–water partition coefficient (Wildman–Crippen LogP) is 5.17. The molecule has 0 aromatic heterocycles. The first-order valence-corrected chi connectivity index (χ1v) is 12.7. The number of amides is 2. The van der Waals surface area contributed by atoms with Gasteiger partial charge in [0.2, 0.25) is 0 Å². The predicted molar refractivity (Wildman–Crippen MR) is 150 cm³/mol.